The van der Waals surface area contributed by atoms with E-state index < -0.39 is 12.1 Å². The Morgan fingerprint density at radius 3 is 2.10 bits per heavy atom. The quantitative estimate of drug-likeness (QED) is 0.112. The van der Waals surface area contributed by atoms with E-state index in [2.05, 4.69) is 97.6 Å². The summed E-state index contributed by atoms with van der Waals surface area (Å²) >= 11 is 0. The Balaban J connectivity index is 0.000000428. The molecular formula is C43H59N9O6. The van der Waals surface area contributed by atoms with Gasteiger partial charge in [0.25, 0.3) is 6.47 Å². The number of carbonyl (C=O) groups is 4. The first-order valence-electron chi connectivity index (χ1n) is 20.1. The number of alkyl carbamates (subject to hydrolysis) is 1. The molecule has 312 valence electrons. The number of aromatic amines is 2. The monoisotopic (exact) mass is 797 g/mol. The summed E-state index contributed by atoms with van der Waals surface area (Å²) in [4.78, 5) is 63.2. The van der Waals surface area contributed by atoms with Gasteiger partial charge in [-0.3, -0.25) is 14.5 Å². The molecule has 3 aliphatic rings. The van der Waals surface area contributed by atoms with E-state index in [0.29, 0.717) is 24.8 Å². The van der Waals surface area contributed by atoms with Crippen molar-refractivity contribution in [3.05, 3.63) is 71.6 Å². The van der Waals surface area contributed by atoms with E-state index in [1.807, 2.05) is 31.3 Å². The number of hydrogen-bond acceptors (Lipinski definition) is 11. The number of carbonyl (C=O) groups excluding carboxylic acids is 4. The van der Waals surface area contributed by atoms with Crippen LogP contribution in [0.25, 0.3) is 33.6 Å². The standard InChI is InChI=1S/C36H46N8O.C5H9NO3.C2H4O2/c1-6-27-33-25(15-16-26(32(33)21(2)40-27)29-20-39-34(42-29)30-9-7-17-43(30)5)23-11-13-24(14-12-23)28-19-38-35(41-28)31-10-8-18-44(31)36(45)22(3)37-4;1-4(3-7)6-5(8)9-2;1-4-2-3/h11-16,19-22,27,30-31,37,40H,6-10,17-18H2,1-5H3,(H,38,41)(H,39,42);3-4H,1-2H3,(H,6,8);2H,1H3. The zero-order valence-electron chi connectivity index (χ0n) is 34.9. The lowest BCUT2D eigenvalue weighted by molar-refractivity contribution is -0.134. The van der Waals surface area contributed by atoms with Crippen LogP contribution in [0.3, 0.4) is 0 Å². The molecule has 0 saturated carbocycles. The third kappa shape index (κ3) is 9.83. The molecular weight excluding hydrogens is 739 g/mol. The highest BCUT2D eigenvalue weighted by Gasteiger charge is 2.35. The minimum absolute atomic E-state index is 0.00656. The van der Waals surface area contributed by atoms with Crippen LogP contribution < -0.4 is 16.0 Å². The average Bonchev–Trinajstić information content (AvgIpc) is 4.11. The van der Waals surface area contributed by atoms with E-state index in [1.54, 1.807) is 6.92 Å². The van der Waals surface area contributed by atoms with Crippen molar-refractivity contribution in [2.45, 2.75) is 96.1 Å². The Hall–Kier alpha value is -5.38. The maximum Gasteiger partial charge on any atom is 0.407 e. The number of nitrogens with zero attached hydrogens (tertiary/aromatic N) is 4. The lowest BCUT2D eigenvalue weighted by atomic mass is 9.87. The topological polar surface area (TPSA) is 187 Å². The van der Waals surface area contributed by atoms with E-state index >= 15 is 0 Å². The van der Waals surface area contributed by atoms with Crippen LogP contribution in [0.4, 0.5) is 4.79 Å². The number of nitrogens with one attached hydrogen (secondary N) is 5. The summed E-state index contributed by atoms with van der Waals surface area (Å²) in [6, 6.07) is 13.6. The molecule has 2 aromatic heterocycles. The summed E-state index contributed by atoms with van der Waals surface area (Å²) in [6.45, 7) is 10.3. The largest absolute Gasteiger partial charge is 0.471 e. The number of imidazole rings is 2. The van der Waals surface area contributed by atoms with Crippen molar-refractivity contribution in [2.75, 3.05) is 41.4 Å². The van der Waals surface area contributed by atoms with E-state index in [0.717, 1.165) is 67.4 Å². The minimum atomic E-state index is -0.588. The summed E-state index contributed by atoms with van der Waals surface area (Å²) in [5, 5.41) is 9.19. The number of likely N-dealkylation sites (N-methyl/N-ethyl adjacent to an activating group) is 1. The van der Waals surface area contributed by atoms with Crippen LogP contribution in [-0.2, 0) is 23.9 Å². The lowest BCUT2D eigenvalue weighted by Gasteiger charge is -2.26. The zero-order chi connectivity index (χ0) is 41.9. The third-order valence-electron chi connectivity index (χ3n) is 11.2. The van der Waals surface area contributed by atoms with Crippen molar-refractivity contribution < 1.29 is 28.7 Å². The third-order valence-corrected chi connectivity index (χ3v) is 11.2. The number of methoxy groups -OCH3 is 2. The normalized spacial score (nSPS) is 20.8. The van der Waals surface area contributed by atoms with Gasteiger partial charge in [0.05, 0.1) is 62.2 Å². The van der Waals surface area contributed by atoms with Gasteiger partial charge in [0, 0.05) is 24.2 Å². The van der Waals surface area contributed by atoms with Gasteiger partial charge in [-0.1, -0.05) is 43.3 Å². The summed E-state index contributed by atoms with van der Waals surface area (Å²) in [7, 11) is 6.58. The molecule has 58 heavy (non-hydrogen) atoms. The Morgan fingerprint density at radius 1 is 0.897 bits per heavy atom. The Bertz CT molecular complexity index is 2000. The molecule has 2 aromatic carbocycles. The van der Waals surface area contributed by atoms with Gasteiger partial charge in [0.2, 0.25) is 5.91 Å². The van der Waals surface area contributed by atoms with Crippen molar-refractivity contribution in [3.8, 4) is 33.6 Å². The van der Waals surface area contributed by atoms with Gasteiger partial charge in [0.1, 0.15) is 17.9 Å². The maximum absolute atomic E-state index is 12.9. The lowest BCUT2D eigenvalue weighted by Crippen LogP contribution is -2.43. The van der Waals surface area contributed by atoms with Crippen molar-refractivity contribution in [1.82, 2.24) is 45.7 Å². The number of ether oxygens (including phenoxy) is 2. The molecule has 2 saturated heterocycles. The van der Waals surface area contributed by atoms with Crippen molar-refractivity contribution in [3.63, 3.8) is 0 Å². The second-order valence-corrected chi connectivity index (χ2v) is 15.0. The highest BCUT2D eigenvalue weighted by atomic mass is 16.5. The second kappa shape index (κ2) is 20.4. The Morgan fingerprint density at radius 2 is 1.50 bits per heavy atom. The second-order valence-electron chi connectivity index (χ2n) is 15.0. The summed E-state index contributed by atoms with van der Waals surface area (Å²) in [5.74, 6) is 2.07. The number of benzene rings is 2. The predicted molar refractivity (Wildman–Crippen MR) is 223 cm³/mol. The first kappa shape index (κ1) is 43.7. The van der Waals surface area contributed by atoms with E-state index in [-0.39, 0.29) is 24.0 Å². The van der Waals surface area contributed by atoms with Gasteiger partial charge in [-0.15, -0.1) is 0 Å². The smallest absolute Gasteiger partial charge is 0.407 e. The molecule has 5 N–H and O–H groups in total. The number of H-pyrrole nitrogens is 2. The van der Waals surface area contributed by atoms with Crippen LogP contribution in [0.5, 0.6) is 0 Å². The molecule has 0 aliphatic carbocycles. The zero-order valence-corrected chi connectivity index (χ0v) is 34.9. The number of amides is 2. The Labute approximate surface area is 341 Å². The number of hydrogen-bond donors (Lipinski definition) is 5. The van der Waals surface area contributed by atoms with Gasteiger partial charge >= 0.3 is 6.09 Å². The number of rotatable bonds is 11. The number of fused-ring (bicyclic) bond motifs is 1. The van der Waals surface area contributed by atoms with Gasteiger partial charge in [-0.05, 0) is 101 Å². The van der Waals surface area contributed by atoms with Crippen molar-refractivity contribution >= 4 is 24.8 Å². The highest BCUT2D eigenvalue weighted by molar-refractivity contribution is 5.82. The first-order valence-corrected chi connectivity index (χ1v) is 20.1. The molecule has 6 unspecified atom stereocenters. The fourth-order valence-electron chi connectivity index (χ4n) is 8.10. The molecule has 15 nitrogen and oxygen atoms in total. The van der Waals surface area contributed by atoms with E-state index in [9.17, 15) is 14.4 Å². The highest BCUT2D eigenvalue weighted by Crippen LogP contribution is 2.46. The van der Waals surface area contributed by atoms with E-state index in [4.69, 9.17) is 14.8 Å². The number of aromatic nitrogens is 4. The van der Waals surface area contributed by atoms with Crippen LogP contribution in [0.1, 0.15) is 107 Å². The van der Waals surface area contributed by atoms with E-state index in [1.165, 1.54) is 48.5 Å². The van der Waals surface area contributed by atoms with Gasteiger partial charge in [0.15, 0.2) is 0 Å². The molecule has 5 heterocycles. The average molecular weight is 798 g/mol. The van der Waals surface area contributed by atoms with Crippen LogP contribution in [0, 0.1) is 0 Å². The van der Waals surface area contributed by atoms with Crippen LogP contribution in [-0.4, -0.2) is 108 Å². The van der Waals surface area contributed by atoms with Crippen molar-refractivity contribution in [2.24, 2.45) is 0 Å². The molecule has 2 amide bonds. The van der Waals surface area contributed by atoms with Gasteiger partial charge < -0.3 is 45.1 Å². The van der Waals surface area contributed by atoms with Crippen LogP contribution in [0.2, 0.25) is 0 Å². The molecule has 15 heteroatoms. The van der Waals surface area contributed by atoms with Crippen molar-refractivity contribution in [1.29, 1.82) is 0 Å². The molecule has 6 atom stereocenters. The molecule has 2 fully saturated rings. The predicted octanol–water partition coefficient (Wildman–Crippen LogP) is 6.01. The maximum atomic E-state index is 12.9. The van der Waals surface area contributed by atoms with Crippen LogP contribution in [0.15, 0.2) is 48.8 Å². The summed E-state index contributed by atoms with van der Waals surface area (Å²) in [6.07, 6.45) is 9.28. The molecule has 3 aliphatic heterocycles. The first-order chi connectivity index (χ1) is 28.0. The number of likely N-dealkylation sites (tertiary alicyclic amines) is 2. The fraction of sp³-hybridized carbons (Fsp3) is 0.488. The van der Waals surface area contributed by atoms with Gasteiger partial charge in [-0.25, -0.2) is 14.8 Å². The fourth-order valence-corrected chi connectivity index (χ4v) is 8.10. The molecule has 4 aromatic rings. The van der Waals surface area contributed by atoms with Crippen LogP contribution >= 0.6 is 0 Å². The summed E-state index contributed by atoms with van der Waals surface area (Å²) in [5.41, 5.74) is 9.68. The minimum Gasteiger partial charge on any atom is -0.471 e. The molecule has 0 bridgehead atoms. The number of aldehydes is 1. The Kier molecular flexibility index (Phi) is 15.3. The SMILES string of the molecule is CCC1NC(C)c2c(-c3cnc(C4CCCN4C)[nH]3)ccc(-c3ccc(-c4cnc(C5CCCN5C(=O)C(C)NC)[nH]4)cc3)c21.COC(=O)NC(C)C=O.COC=O. The van der Waals surface area contributed by atoms with Gasteiger partial charge in [-0.2, -0.15) is 0 Å². The molecule has 7 rings (SSSR count). The molecule has 0 radical (unpaired) electrons. The molecule has 0 spiro atoms. The summed E-state index contributed by atoms with van der Waals surface area (Å²) < 4.78 is 8.07.